The highest BCUT2D eigenvalue weighted by atomic mass is 35.5. The van der Waals surface area contributed by atoms with E-state index < -0.39 is 6.10 Å². The molecule has 1 rings (SSSR count). The van der Waals surface area contributed by atoms with Gasteiger partial charge in [0.1, 0.15) is 0 Å². The predicted octanol–water partition coefficient (Wildman–Crippen LogP) is -0.0434. The van der Waals surface area contributed by atoms with E-state index in [1.54, 1.807) is 0 Å². The van der Waals surface area contributed by atoms with Gasteiger partial charge in [-0.05, 0) is 0 Å². The molecule has 0 aromatic carbocycles. The molecule has 1 aromatic heterocycles. The molecule has 68 valence electrons. The summed E-state index contributed by atoms with van der Waals surface area (Å²) in [5.41, 5.74) is 0. The first-order chi connectivity index (χ1) is 5.74. The van der Waals surface area contributed by atoms with Gasteiger partial charge in [0.15, 0.2) is 11.0 Å². The van der Waals surface area contributed by atoms with E-state index in [1.165, 1.54) is 0 Å². The second-order valence-electron chi connectivity index (χ2n) is 2.12. The van der Waals surface area contributed by atoms with Crippen molar-refractivity contribution in [2.24, 2.45) is 0 Å². The fourth-order valence-electron chi connectivity index (χ4n) is 0.562. The monoisotopic (exact) mass is 209 g/mol. The van der Waals surface area contributed by atoms with Crippen LogP contribution in [0.3, 0.4) is 0 Å². The molecule has 3 N–H and O–H groups in total. The molecule has 1 atom stereocenters. The summed E-state index contributed by atoms with van der Waals surface area (Å²) in [4.78, 5) is 0. The molecular formula is C5H8ClN3O2S. The lowest BCUT2D eigenvalue weighted by atomic mass is 10.4. The third-order valence-electron chi connectivity index (χ3n) is 1.16. The van der Waals surface area contributed by atoms with Crippen molar-refractivity contribution in [3.05, 3.63) is 5.15 Å². The van der Waals surface area contributed by atoms with Gasteiger partial charge in [-0.1, -0.05) is 11.6 Å². The summed E-state index contributed by atoms with van der Waals surface area (Å²) in [6.07, 6.45) is -0.803. The van der Waals surface area contributed by atoms with Crippen LogP contribution in [-0.4, -0.2) is 38.2 Å². The van der Waals surface area contributed by atoms with Crippen LogP contribution in [-0.2, 0) is 0 Å². The van der Waals surface area contributed by atoms with Crippen LogP contribution >= 0.6 is 23.3 Å². The molecule has 0 aliphatic rings. The number of nitrogens with zero attached hydrogens (tertiary/aromatic N) is 2. The number of aliphatic hydroxyl groups is 2. The van der Waals surface area contributed by atoms with Gasteiger partial charge in [-0.2, -0.15) is 8.75 Å². The number of halogens is 1. The lowest BCUT2D eigenvalue weighted by Gasteiger charge is -2.06. The minimum Gasteiger partial charge on any atom is -0.394 e. The van der Waals surface area contributed by atoms with E-state index >= 15 is 0 Å². The van der Waals surface area contributed by atoms with Crippen LogP contribution < -0.4 is 5.32 Å². The zero-order valence-corrected chi connectivity index (χ0v) is 7.64. The number of aliphatic hydroxyl groups excluding tert-OH is 2. The molecule has 0 amide bonds. The molecule has 12 heavy (non-hydrogen) atoms. The van der Waals surface area contributed by atoms with Crippen molar-refractivity contribution in [1.29, 1.82) is 0 Å². The highest BCUT2D eigenvalue weighted by molar-refractivity contribution is 6.99. The molecule has 1 aromatic rings. The van der Waals surface area contributed by atoms with Crippen molar-refractivity contribution in [3.63, 3.8) is 0 Å². The second kappa shape index (κ2) is 4.56. The van der Waals surface area contributed by atoms with E-state index in [-0.39, 0.29) is 18.3 Å². The Morgan fingerprint density at radius 1 is 1.58 bits per heavy atom. The third-order valence-corrected chi connectivity index (χ3v) is 2.06. The van der Waals surface area contributed by atoms with Gasteiger partial charge >= 0.3 is 0 Å². The van der Waals surface area contributed by atoms with Crippen molar-refractivity contribution < 1.29 is 10.2 Å². The molecule has 0 aliphatic heterocycles. The average Bonchev–Trinajstić information content (AvgIpc) is 2.47. The molecule has 0 saturated carbocycles. The topological polar surface area (TPSA) is 78.3 Å². The van der Waals surface area contributed by atoms with Crippen LogP contribution in [0.4, 0.5) is 5.82 Å². The van der Waals surface area contributed by atoms with Gasteiger partial charge in [-0.15, -0.1) is 0 Å². The van der Waals surface area contributed by atoms with Crippen LogP contribution in [0.5, 0.6) is 0 Å². The summed E-state index contributed by atoms with van der Waals surface area (Å²) in [6.45, 7) is -0.0795. The van der Waals surface area contributed by atoms with Gasteiger partial charge in [0.25, 0.3) is 0 Å². The van der Waals surface area contributed by atoms with E-state index in [1.807, 2.05) is 0 Å². The van der Waals surface area contributed by atoms with Crippen LogP contribution in [0.15, 0.2) is 0 Å². The number of hydrogen-bond acceptors (Lipinski definition) is 6. The third kappa shape index (κ3) is 2.56. The summed E-state index contributed by atoms with van der Waals surface area (Å²) in [6, 6.07) is 0. The Morgan fingerprint density at radius 3 is 2.83 bits per heavy atom. The molecular weight excluding hydrogens is 202 g/mol. The zero-order valence-electron chi connectivity index (χ0n) is 6.07. The molecule has 0 radical (unpaired) electrons. The Balaban J connectivity index is 2.38. The minimum atomic E-state index is -0.803. The number of rotatable bonds is 4. The van der Waals surface area contributed by atoms with Crippen LogP contribution in [0.1, 0.15) is 0 Å². The Bertz CT molecular complexity index is 244. The Morgan fingerprint density at radius 2 is 2.33 bits per heavy atom. The first-order valence-electron chi connectivity index (χ1n) is 3.25. The summed E-state index contributed by atoms with van der Waals surface area (Å²) < 4.78 is 7.53. The summed E-state index contributed by atoms with van der Waals surface area (Å²) in [5, 5.41) is 20.4. The fourth-order valence-corrected chi connectivity index (χ4v) is 1.25. The molecule has 0 saturated heterocycles. The normalized spacial score (nSPS) is 12.9. The van der Waals surface area contributed by atoms with E-state index in [9.17, 15) is 0 Å². The van der Waals surface area contributed by atoms with Crippen molar-refractivity contribution >= 4 is 29.1 Å². The van der Waals surface area contributed by atoms with Gasteiger partial charge in [0.05, 0.1) is 24.4 Å². The summed E-state index contributed by atoms with van der Waals surface area (Å²) in [5.74, 6) is 0.439. The quantitative estimate of drug-likeness (QED) is 0.649. The zero-order chi connectivity index (χ0) is 8.97. The Hall–Kier alpha value is -0.430. The van der Waals surface area contributed by atoms with E-state index in [4.69, 9.17) is 21.8 Å². The van der Waals surface area contributed by atoms with Gasteiger partial charge < -0.3 is 15.5 Å². The largest absolute Gasteiger partial charge is 0.394 e. The maximum Gasteiger partial charge on any atom is 0.186 e. The van der Waals surface area contributed by atoms with Crippen LogP contribution in [0.2, 0.25) is 5.15 Å². The molecule has 0 aliphatic carbocycles. The standard InChI is InChI=1S/C5H8ClN3O2S/c6-4-5(9-12-8-4)7-1-3(11)2-10/h3,10-11H,1-2H2,(H,7,9). The first kappa shape index (κ1) is 9.66. The number of anilines is 1. The highest BCUT2D eigenvalue weighted by Gasteiger charge is 2.06. The van der Waals surface area contributed by atoms with E-state index in [0.29, 0.717) is 5.82 Å². The molecule has 5 nitrogen and oxygen atoms in total. The van der Waals surface area contributed by atoms with E-state index in [2.05, 4.69) is 14.1 Å². The number of nitrogens with one attached hydrogen (secondary N) is 1. The minimum absolute atomic E-state index is 0.210. The van der Waals surface area contributed by atoms with Crippen molar-refractivity contribution in [1.82, 2.24) is 8.75 Å². The van der Waals surface area contributed by atoms with Crippen molar-refractivity contribution in [3.8, 4) is 0 Å². The molecule has 7 heteroatoms. The molecule has 0 bridgehead atoms. The fraction of sp³-hybridized carbons (Fsp3) is 0.600. The second-order valence-corrected chi connectivity index (χ2v) is 3.01. The smallest absolute Gasteiger partial charge is 0.186 e. The Kier molecular flexibility index (Phi) is 3.67. The maximum atomic E-state index is 8.95. The summed E-state index contributed by atoms with van der Waals surface area (Å²) >= 11 is 6.58. The lowest BCUT2D eigenvalue weighted by Crippen LogP contribution is -2.23. The van der Waals surface area contributed by atoms with Crippen molar-refractivity contribution in [2.45, 2.75) is 6.10 Å². The summed E-state index contributed by atoms with van der Waals surface area (Å²) in [7, 11) is 0. The van der Waals surface area contributed by atoms with Crippen molar-refractivity contribution in [2.75, 3.05) is 18.5 Å². The van der Waals surface area contributed by atoms with Crippen LogP contribution in [0.25, 0.3) is 0 Å². The van der Waals surface area contributed by atoms with Gasteiger partial charge in [0.2, 0.25) is 0 Å². The van der Waals surface area contributed by atoms with E-state index in [0.717, 1.165) is 11.7 Å². The number of aromatic nitrogens is 2. The maximum absolute atomic E-state index is 8.95. The highest BCUT2D eigenvalue weighted by Crippen LogP contribution is 2.17. The molecule has 1 unspecified atom stereocenters. The molecule has 1 heterocycles. The average molecular weight is 210 g/mol. The van der Waals surface area contributed by atoms with Gasteiger partial charge in [-0.25, -0.2) is 0 Å². The molecule has 0 spiro atoms. The van der Waals surface area contributed by atoms with Gasteiger partial charge in [0, 0.05) is 6.54 Å². The number of hydrogen-bond donors (Lipinski definition) is 3. The predicted molar refractivity (Wildman–Crippen MR) is 46.5 cm³/mol. The molecule has 0 fully saturated rings. The van der Waals surface area contributed by atoms with Crippen LogP contribution in [0, 0.1) is 0 Å². The first-order valence-corrected chi connectivity index (χ1v) is 4.35. The Labute approximate surface area is 78.3 Å². The SMILES string of the molecule is OCC(O)CNc1nsnc1Cl. The lowest BCUT2D eigenvalue weighted by molar-refractivity contribution is 0.105. The van der Waals surface area contributed by atoms with Gasteiger partial charge in [-0.3, -0.25) is 0 Å².